The van der Waals surface area contributed by atoms with Crippen LogP contribution in [0.4, 0.5) is 4.39 Å². The van der Waals surface area contributed by atoms with Crippen LogP contribution in [0.25, 0.3) is 0 Å². The fourth-order valence-corrected chi connectivity index (χ4v) is 6.66. The molecule has 3 fully saturated rings. The maximum absolute atomic E-state index is 15.0. The molecule has 2 aromatic carbocycles. The quantitative estimate of drug-likeness (QED) is 0.539. The van der Waals surface area contributed by atoms with Crippen molar-refractivity contribution in [2.45, 2.75) is 50.4 Å². The Morgan fingerprint density at radius 2 is 1.53 bits per heavy atom. The second kappa shape index (κ2) is 11.4. The lowest BCUT2D eigenvalue weighted by Gasteiger charge is -2.46. The molecule has 0 radical (unpaired) electrons. The Hall–Kier alpha value is -2.93. The van der Waals surface area contributed by atoms with Crippen LogP contribution >= 0.6 is 0 Å². The molecule has 2 heterocycles. The van der Waals surface area contributed by atoms with Gasteiger partial charge in [0.15, 0.2) is 0 Å². The number of para-hydroxylation sites is 1. The van der Waals surface area contributed by atoms with E-state index in [9.17, 15) is 9.59 Å². The zero-order valence-electron chi connectivity index (χ0n) is 22.5. The number of likely N-dealkylation sites (tertiary alicyclic amines) is 1. The number of hydrogen-bond acceptors (Lipinski definition) is 4. The van der Waals surface area contributed by atoms with E-state index in [1.807, 2.05) is 46.2 Å². The molecule has 0 N–H and O–H groups in total. The number of benzene rings is 2. The molecule has 3 aliphatic rings. The number of piperidine rings is 1. The van der Waals surface area contributed by atoms with Crippen LogP contribution in [0.2, 0.25) is 0 Å². The topological polar surface area (TPSA) is 53.1 Å². The number of hydrogen-bond donors (Lipinski definition) is 0. The number of carbonyl (C=O) groups is 2. The van der Waals surface area contributed by atoms with Gasteiger partial charge < -0.3 is 19.4 Å². The Morgan fingerprint density at radius 3 is 2.24 bits per heavy atom. The molecule has 204 valence electrons. The first-order chi connectivity index (χ1) is 18.4. The van der Waals surface area contributed by atoms with Crippen molar-refractivity contribution in [3.63, 3.8) is 0 Å². The van der Waals surface area contributed by atoms with Gasteiger partial charge in [0.1, 0.15) is 11.6 Å². The van der Waals surface area contributed by atoms with Crippen LogP contribution in [0.3, 0.4) is 0 Å². The molecule has 2 aromatic rings. The summed E-state index contributed by atoms with van der Waals surface area (Å²) in [5.41, 5.74) is -0.789. The monoisotopic (exact) mass is 521 g/mol. The molecule has 7 heteroatoms. The largest absolute Gasteiger partial charge is 0.493 e. The lowest BCUT2D eigenvalue weighted by atomic mass is 9.73. The zero-order valence-corrected chi connectivity index (χ0v) is 22.5. The van der Waals surface area contributed by atoms with Gasteiger partial charge in [0, 0.05) is 56.7 Å². The standard InChI is InChI=1S/C31H40FN3O3/c1-33-18-20-34(21-19-33)28(36)22-30(24-38-25-10-3-2-4-11-25)14-9-17-35(23-30)29(37)31(15-7-8-16-31)26-12-5-6-13-27(26)32/h2-6,10-13H,7-9,14-24H2,1H3/t30-/m1/s1. The van der Waals surface area contributed by atoms with Crippen molar-refractivity contribution < 1.29 is 18.7 Å². The first-order valence-corrected chi connectivity index (χ1v) is 14.1. The highest BCUT2D eigenvalue weighted by Crippen LogP contribution is 2.45. The number of amides is 2. The minimum atomic E-state index is -0.823. The fourth-order valence-electron chi connectivity index (χ4n) is 6.66. The fraction of sp³-hybridized carbons (Fsp3) is 0.548. The molecule has 5 rings (SSSR count). The van der Waals surface area contributed by atoms with Crippen LogP contribution < -0.4 is 4.74 Å². The van der Waals surface area contributed by atoms with E-state index in [0.717, 1.165) is 57.6 Å². The van der Waals surface area contributed by atoms with Crippen molar-refractivity contribution in [3.8, 4) is 5.75 Å². The van der Waals surface area contributed by atoms with Crippen molar-refractivity contribution in [1.29, 1.82) is 0 Å². The van der Waals surface area contributed by atoms with Crippen molar-refractivity contribution in [2.24, 2.45) is 5.41 Å². The maximum Gasteiger partial charge on any atom is 0.233 e. The summed E-state index contributed by atoms with van der Waals surface area (Å²) in [7, 11) is 2.08. The van der Waals surface area contributed by atoms with Gasteiger partial charge in [-0.3, -0.25) is 9.59 Å². The van der Waals surface area contributed by atoms with E-state index in [0.29, 0.717) is 44.5 Å². The third-order valence-corrected chi connectivity index (χ3v) is 8.87. The predicted octanol–water partition coefficient (Wildman–Crippen LogP) is 4.49. The maximum atomic E-state index is 15.0. The summed E-state index contributed by atoms with van der Waals surface area (Å²) in [5.74, 6) is 0.606. The highest BCUT2D eigenvalue weighted by atomic mass is 19.1. The van der Waals surface area contributed by atoms with Gasteiger partial charge in [0.2, 0.25) is 11.8 Å². The lowest BCUT2D eigenvalue weighted by molar-refractivity contribution is -0.146. The number of nitrogens with zero attached hydrogens (tertiary/aromatic N) is 3. The second-order valence-electron chi connectivity index (χ2n) is 11.6. The van der Waals surface area contributed by atoms with Gasteiger partial charge in [-0.1, -0.05) is 49.2 Å². The molecule has 2 amide bonds. The molecule has 0 bridgehead atoms. The van der Waals surface area contributed by atoms with Crippen molar-refractivity contribution in [2.75, 3.05) is 52.9 Å². The first-order valence-electron chi connectivity index (χ1n) is 14.1. The number of rotatable bonds is 7. The van der Waals surface area contributed by atoms with Crippen molar-refractivity contribution in [1.82, 2.24) is 14.7 Å². The van der Waals surface area contributed by atoms with E-state index in [1.165, 1.54) is 6.07 Å². The van der Waals surface area contributed by atoms with E-state index in [1.54, 1.807) is 12.1 Å². The van der Waals surface area contributed by atoms with E-state index in [-0.39, 0.29) is 17.6 Å². The van der Waals surface area contributed by atoms with Gasteiger partial charge >= 0.3 is 0 Å². The average molecular weight is 522 g/mol. The van der Waals surface area contributed by atoms with Crippen molar-refractivity contribution >= 4 is 11.8 Å². The molecule has 2 saturated heterocycles. The Balaban J connectivity index is 1.39. The molecule has 38 heavy (non-hydrogen) atoms. The summed E-state index contributed by atoms with van der Waals surface area (Å²) in [4.78, 5) is 34.0. The Morgan fingerprint density at radius 1 is 0.842 bits per heavy atom. The van der Waals surface area contributed by atoms with E-state index in [2.05, 4.69) is 11.9 Å². The number of likely N-dealkylation sites (N-methyl/N-ethyl adjacent to an activating group) is 1. The molecular formula is C31H40FN3O3. The van der Waals surface area contributed by atoms with Crippen LogP contribution in [0.15, 0.2) is 54.6 Å². The smallest absolute Gasteiger partial charge is 0.233 e. The first kappa shape index (κ1) is 26.7. The van der Waals surface area contributed by atoms with Gasteiger partial charge in [0.05, 0.1) is 12.0 Å². The molecule has 1 atom stereocenters. The highest BCUT2D eigenvalue weighted by molar-refractivity contribution is 5.89. The number of halogens is 1. The van der Waals surface area contributed by atoms with Crippen LogP contribution in [0.1, 0.15) is 50.5 Å². The summed E-state index contributed by atoms with van der Waals surface area (Å²) in [6.07, 6.45) is 5.12. The molecule has 2 aliphatic heterocycles. The molecule has 0 unspecified atom stereocenters. The van der Waals surface area contributed by atoms with Gasteiger partial charge in [0.25, 0.3) is 0 Å². The number of piperazine rings is 1. The van der Waals surface area contributed by atoms with E-state index < -0.39 is 10.8 Å². The normalized spacial score (nSPS) is 23.8. The van der Waals surface area contributed by atoms with Crippen molar-refractivity contribution in [3.05, 3.63) is 66.0 Å². The minimum absolute atomic E-state index is 0.0101. The molecule has 6 nitrogen and oxygen atoms in total. The molecule has 0 spiro atoms. The zero-order chi connectivity index (χ0) is 26.6. The van der Waals surface area contributed by atoms with Crippen LogP contribution in [0, 0.1) is 11.2 Å². The average Bonchev–Trinajstić information content (AvgIpc) is 3.44. The Bertz CT molecular complexity index is 1110. The summed E-state index contributed by atoms with van der Waals surface area (Å²) in [6.45, 7) is 4.64. The van der Waals surface area contributed by atoms with Crippen LogP contribution in [0.5, 0.6) is 5.75 Å². The number of carbonyl (C=O) groups excluding carboxylic acids is 2. The van der Waals surface area contributed by atoms with Gasteiger partial charge in [-0.2, -0.15) is 0 Å². The molecular weight excluding hydrogens is 481 g/mol. The molecule has 1 aliphatic carbocycles. The summed E-state index contributed by atoms with van der Waals surface area (Å²) in [5, 5.41) is 0. The number of ether oxygens (including phenoxy) is 1. The second-order valence-corrected chi connectivity index (χ2v) is 11.6. The van der Waals surface area contributed by atoms with Crippen LogP contribution in [-0.4, -0.2) is 79.4 Å². The molecule has 0 aromatic heterocycles. The van der Waals surface area contributed by atoms with E-state index >= 15 is 4.39 Å². The summed E-state index contributed by atoms with van der Waals surface area (Å²) < 4.78 is 21.3. The van der Waals surface area contributed by atoms with Gasteiger partial charge in [-0.15, -0.1) is 0 Å². The third kappa shape index (κ3) is 5.58. The Labute approximate surface area is 225 Å². The van der Waals surface area contributed by atoms with Crippen LogP contribution in [-0.2, 0) is 15.0 Å². The lowest BCUT2D eigenvalue weighted by Crippen LogP contribution is -2.56. The predicted molar refractivity (Wildman–Crippen MR) is 145 cm³/mol. The summed E-state index contributed by atoms with van der Waals surface area (Å²) in [6, 6.07) is 16.4. The summed E-state index contributed by atoms with van der Waals surface area (Å²) >= 11 is 0. The third-order valence-electron chi connectivity index (χ3n) is 8.87. The molecule has 1 saturated carbocycles. The van der Waals surface area contributed by atoms with E-state index in [4.69, 9.17) is 4.74 Å². The highest BCUT2D eigenvalue weighted by Gasteiger charge is 2.49. The minimum Gasteiger partial charge on any atom is -0.493 e. The van der Waals surface area contributed by atoms with Gasteiger partial charge in [-0.05, 0) is 50.9 Å². The van der Waals surface area contributed by atoms with Gasteiger partial charge in [-0.25, -0.2) is 4.39 Å². The Kier molecular flexibility index (Phi) is 8.03. The SMILES string of the molecule is CN1CCN(C(=O)C[C@]2(COc3ccccc3)CCCN(C(=O)C3(c4ccccc4F)CCCC3)C2)CC1.